The molecule has 0 saturated carbocycles. The zero-order valence-corrected chi connectivity index (χ0v) is 11.2. The molecular formula is C15H18N2O2. The van der Waals surface area contributed by atoms with Crippen LogP contribution in [0.5, 0.6) is 11.6 Å². The maximum absolute atomic E-state index is 5.91. The van der Waals surface area contributed by atoms with Crippen molar-refractivity contribution >= 4 is 0 Å². The number of rotatable bonds is 5. The molecule has 100 valence electrons. The highest BCUT2D eigenvalue weighted by atomic mass is 16.5. The summed E-state index contributed by atoms with van der Waals surface area (Å²) in [6.07, 6.45) is 1.69. The minimum absolute atomic E-state index is 0.120. The van der Waals surface area contributed by atoms with E-state index in [2.05, 4.69) is 4.98 Å². The first kappa shape index (κ1) is 13.5. The molecule has 1 aromatic heterocycles. The van der Waals surface area contributed by atoms with Crippen molar-refractivity contribution < 1.29 is 9.47 Å². The summed E-state index contributed by atoms with van der Waals surface area (Å²) >= 11 is 0. The number of hydrogen-bond donors (Lipinski definition) is 1. The van der Waals surface area contributed by atoms with Crippen LogP contribution in [0.3, 0.4) is 0 Å². The highest BCUT2D eigenvalue weighted by Gasteiger charge is 2.09. The molecule has 0 saturated heterocycles. The average molecular weight is 258 g/mol. The van der Waals surface area contributed by atoms with E-state index in [0.29, 0.717) is 12.5 Å². The lowest BCUT2D eigenvalue weighted by Crippen LogP contribution is -2.07. The lowest BCUT2D eigenvalue weighted by atomic mass is 10.1. The van der Waals surface area contributed by atoms with E-state index in [1.54, 1.807) is 13.3 Å². The average Bonchev–Trinajstić information content (AvgIpc) is 2.40. The van der Waals surface area contributed by atoms with Gasteiger partial charge in [0.25, 0.3) is 0 Å². The van der Waals surface area contributed by atoms with E-state index in [4.69, 9.17) is 15.2 Å². The molecule has 1 heterocycles. The lowest BCUT2D eigenvalue weighted by molar-refractivity contribution is 0.184. The molecule has 0 bridgehead atoms. The molecule has 0 aliphatic rings. The van der Waals surface area contributed by atoms with Crippen LogP contribution in [-0.4, -0.2) is 12.1 Å². The highest BCUT2D eigenvalue weighted by molar-refractivity contribution is 5.35. The predicted octanol–water partition coefficient (Wildman–Crippen LogP) is 3.04. The first-order valence-electron chi connectivity index (χ1n) is 6.17. The third kappa shape index (κ3) is 3.53. The summed E-state index contributed by atoms with van der Waals surface area (Å²) in [4.78, 5) is 4.24. The van der Waals surface area contributed by atoms with Gasteiger partial charge in [-0.25, -0.2) is 4.98 Å². The topological polar surface area (TPSA) is 57.4 Å². The van der Waals surface area contributed by atoms with Gasteiger partial charge >= 0.3 is 0 Å². The van der Waals surface area contributed by atoms with Crippen LogP contribution in [0.4, 0.5) is 0 Å². The molecule has 0 spiro atoms. The number of ether oxygens (including phenoxy) is 2. The Labute approximate surface area is 113 Å². The molecule has 0 radical (unpaired) electrons. The minimum atomic E-state index is -0.120. The monoisotopic (exact) mass is 258 g/mol. The molecule has 19 heavy (non-hydrogen) atoms. The van der Waals surface area contributed by atoms with E-state index in [1.807, 2.05) is 43.3 Å². The second-order valence-electron chi connectivity index (χ2n) is 4.37. The van der Waals surface area contributed by atoms with E-state index in [9.17, 15) is 0 Å². The number of aromatic nitrogens is 1. The third-order valence-electron chi connectivity index (χ3n) is 2.72. The Hall–Kier alpha value is -1.91. The van der Waals surface area contributed by atoms with Gasteiger partial charge in [-0.3, -0.25) is 0 Å². The molecule has 4 heteroatoms. The molecule has 4 nitrogen and oxygen atoms in total. The van der Waals surface area contributed by atoms with E-state index in [0.717, 1.165) is 16.9 Å². The third-order valence-corrected chi connectivity index (χ3v) is 2.72. The smallest absolute Gasteiger partial charge is 0.223 e. The van der Waals surface area contributed by atoms with Gasteiger partial charge in [0, 0.05) is 24.9 Å². The molecule has 0 aliphatic heterocycles. The van der Waals surface area contributed by atoms with Crippen molar-refractivity contribution in [2.24, 2.45) is 5.73 Å². The SMILES string of the molecule is COCc1cccc(Oc2ncccc2C(C)N)c1. The van der Waals surface area contributed by atoms with Gasteiger partial charge in [-0.15, -0.1) is 0 Å². The van der Waals surface area contributed by atoms with Crippen molar-refractivity contribution in [1.82, 2.24) is 4.98 Å². The molecule has 1 unspecified atom stereocenters. The number of methoxy groups -OCH3 is 1. The van der Waals surface area contributed by atoms with Crippen molar-refractivity contribution in [3.05, 3.63) is 53.7 Å². The molecule has 2 aromatic rings. The van der Waals surface area contributed by atoms with Crippen molar-refractivity contribution in [2.75, 3.05) is 7.11 Å². The van der Waals surface area contributed by atoms with Gasteiger partial charge in [0.15, 0.2) is 0 Å². The summed E-state index contributed by atoms with van der Waals surface area (Å²) in [5.74, 6) is 1.28. The Morgan fingerprint density at radius 1 is 1.26 bits per heavy atom. The van der Waals surface area contributed by atoms with Crippen molar-refractivity contribution in [3.63, 3.8) is 0 Å². The van der Waals surface area contributed by atoms with Gasteiger partial charge in [-0.1, -0.05) is 18.2 Å². The molecule has 1 atom stereocenters. The Morgan fingerprint density at radius 3 is 2.84 bits per heavy atom. The molecular weight excluding hydrogens is 240 g/mol. The Kier molecular flexibility index (Phi) is 4.49. The molecule has 0 amide bonds. The molecule has 1 aromatic carbocycles. The van der Waals surface area contributed by atoms with E-state index in [1.165, 1.54) is 0 Å². The second-order valence-corrected chi connectivity index (χ2v) is 4.37. The van der Waals surface area contributed by atoms with E-state index in [-0.39, 0.29) is 6.04 Å². The standard InChI is InChI=1S/C15H18N2O2/c1-11(16)14-7-4-8-17-15(14)19-13-6-3-5-12(9-13)10-18-2/h3-9,11H,10,16H2,1-2H3. The molecule has 2 rings (SSSR count). The zero-order valence-electron chi connectivity index (χ0n) is 11.2. The summed E-state index contributed by atoms with van der Waals surface area (Å²) in [5.41, 5.74) is 7.85. The van der Waals surface area contributed by atoms with Crippen LogP contribution in [0.2, 0.25) is 0 Å². The summed E-state index contributed by atoms with van der Waals surface area (Å²) in [5, 5.41) is 0. The van der Waals surface area contributed by atoms with Crippen molar-refractivity contribution in [3.8, 4) is 11.6 Å². The lowest BCUT2D eigenvalue weighted by Gasteiger charge is -2.12. The molecule has 2 N–H and O–H groups in total. The van der Waals surface area contributed by atoms with Gasteiger partial charge in [-0.2, -0.15) is 0 Å². The fraction of sp³-hybridized carbons (Fsp3) is 0.267. The van der Waals surface area contributed by atoms with E-state index >= 15 is 0 Å². The van der Waals surface area contributed by atoms with Crippen molar-refractivity contribution in [1.29, 1.82) is 0 Å². The van der Waals surface area contributed by atoms with Crippen LogP contribution < -0.4 is 10.5 Å². The normalized spacial score (nSPS) is 12.2. The summed E-state index contributed by atoms with van der Waals surface area (Å²) < 4.78 is 10.9. The van der Waals surface area contributed by atoms with Gasteiger partial charge in [-0.05, 0) is 30.7 Å². The highest BCUT2D eigenvalue weighted by Crippen LogP contribution is 2.26. The predicted molar refractivity (Wildman–Crippen MR) is 74.1 cm³/mol. The fourth-order valence-corrected chi connectivity index (χ4v) is 1.81. The maximum Gasteiger partial charge on any atom is 0.223 e. The number of nitrogens with two attached hydrogens (primary N) is 1. The van der Waals surface area contributed by atoms with Crippen LogP contribution in [0.1, 0.15) is 24.1 Å². The second kappa shape index (κ2) is 6.31. The van der Waals surface area contributed by atoms with Crippen LogP contribution in [0, 0.1) is 0 Å². The quantitative estimate of drug-likeness (QED) is 0.895. The van der Waals surface area contributed by atoms with Gasteiger partial charge in [0.05, 0.1) is 6.61 Å². The number of nitrogens with zero attached hydrogens (tertiary/aromatic N) is 1. The Morgan fingerprint density at radius 2 is 2.11 bits per heavy atom. The van der Waals surface area contributed by atoms with Crippen molar-refractivity contribution in [2.45, 2.75) is 19.6 Å². The molecule has 0 fully saturated rings. The Balaban J connectivity index is 2.23. The van der Waals surface area contributed by atoms with E-state index < -0.39 is 0 Å². The van der Waals surface area contributed by atoms with Gasteiger partial charge in [0.2, 0.25) is 5.88 Å². The summed E-state index contributed by atoms with van der Waals surface area (Å²) in [7, 11) is 1.67. The van der Waals surface area contributed by atoms with Gasteiger partial charge in [0.1, 0.15) is 5.75 Å². The summed E-state index contributed by atoms with van der Waals surface area (Å²) in [6.45, 7) is 2.46. The zero-order chi connectivity index (χ0) is 13.7. The van der Waals surface area contributed by atoms with Crippen LogP contribution in [0.15, 0.2) is 42.6 Å². The minimum Gasteiger partial charge on any atom is -0.439 e. The largest absolute Gasteiger partial charge is 0.439 e. The molecule has 0 aliphatic carbocycles. The van der Waals surface area contributed by atoms with Crippen LogP contribution in [-0.2, 0) is 11.3 Å². The number of benzene rings is 1. The number of pyridine rings is 1. The maximum atomic E-state index is 5.91. The van der Waals surface area contributed by atoms with Crippen LogP contribution in [0.25, 0.3) is 0 Å². The summed E-state index contributed by atoms with van der Waals surface area (Å²) in [6, 6.07) is 11.4. The fourth-order valence-electron chi connectivity index (χ4n) is 1.81. The van der Waals surface area contributed by atoms with Crippen LogP contribution >= 0.6 is 0 Å². The number of hydrogen-bond acceptors (Lipinski definition) is 4. The first-order valence-corrected chi connectivity index (χ1v) is 6.17. The Bertz CT molecular complexity index is 541. The first-order chi connectivity index (χ1) is 9.20. The van der Waals surface area contributed by atoms with Gasteiger partial charge < -0.3 is 15.2 Å².